The Morgan fingerprint density at radius 1 is 1.38 bits per heavy atom. The molecular formula is C9H11F2NO3S. The van der Waals surface area contributed by atoms with Crippen molar-refractivity contribution in [2.45, 2.75) is 30.7 Å². The monoisotopic (exact) mass is 251 g/mol. The number of alkyl halides is 2. The highest BCUT2D eigenvalue weighted by Gasteiger charge is 2.49. The predicted molar refractivity (Wildman–Crippen MR) is 53.2 cm³/mol. The number of carbonyl (C=O) groups excluding carboxylic acids is 1. The van der Waals surface area contributed by atoms with Gasteiger partial charge in [-0.15, -0.1) is 11.8 Å². The molecule has 2 rings (SSSR count). The molecule has 1 N–H and O–H groups in total. The van der Waals surface area contributed by atoms with Crippen molar-refractivity contribution in [1.29, 1.82) is 0 Å². The fraction of sp³-hybridized carbons (Fsp3) is 0.778. The van der Waals surface area contributed by atoms with Crippen molar-refractivity contribution in [2.24, 2.45) is 5.92 Å². The Labute approximate surface area is 95.0 Å². The Kier molecular flexibility index (Phi) is 3.05. The molecule has 2 aliphatic rings. The molecule has 1 aliphatic carbocycles. The van der Waals surface area contributed by atoms with Crippen LogP contribution < -0.4 is 0 Å². The normalized spacial score (nSPS) is 29.8. The summed E-state index contributed by atoms with van der Waals surface area (Å²) in [7, 11) is 0. The van der Waals surface area contributed by atoms with Crippen LogP contribution in [0.15, 0.2) is 0 Å². The number of nitrogens with zero attached hydrogens (tertiary/aromatic N) is 1. The van der Waals surface area contributed by atoms with Gasteiger partial charge in [-0.05, 0) is 18.8 Å². The van der Waals surface area contributed by atoms with Gasteiger partial charge in [0, 0.05) is 5.75 Å². The first kappa shape index (κ1) is 11.6. The summed E-state index contributed by atoms with van der Waals surface area (Å²) in [5, 5.41) is 8.51. The molecule has 1 aliphatic heterocycles. The maximum absolute atomic E-state index is 12.4. The molecule has 7 heteroatoms. The Morgan fingerprint density at radius 2 is 2.00 bits per heavy atom. The van der Waals surface area contributed by atoms with Crippen molar-refractivity contribution in [3.63, 3.8) is 0 Å². The fourth-order valence-corrected chi connectivity index (χ4v) is 3.49. The maximum Gasteiger partial charge on any atom is 0.327 e. The SMILES string of the molecule is O=C(O)C1CSC(C2CC2)N1C(=O)C(F)F. The molecule has 90 valence electrons. The second-order valence-electron chi connectivity index (χ2n) is 3.96. The van der Waals surface area contributed by atoms with Crippen molar-refractivity contribution in [2.75, 3.05) is 5.75 Å². The van der Waals surface area contributed by atoms with Gasteiger partial charge in [-0.2, -0.15) is 8.78 Å². The van der Waals surface area contributed by atoms with E-state index in [1.54, 1.807) is 0 Å². The number of hydrogen-bond donors (Lipinski definition) is 1. The number of hydrogen-bond acceptors (Lipinski definition) is 3. The van der Waals surface area contributed by atoms with E-state index in [0.717, 1.165) is 17.7 Å². The van der Waals surface area contributed by atoms with E-state index in [9.17, 15) is 18.4 Å². The Bertz CT molecular complexity index is 322. The number of thioether (sulfide) groups is 1. The average Bonchev–Trinajstić information content (AvgIpc) is 2.95. The highest BCUT2D eigenvalue weighted by Crippen LogP contribution is 2.45. The third-order valence-electron chi connectivity index (χ3n) is 2.79. The minimum absolute atomic E-state index is 0.192. The van der Waals surface area contributed by atoms with Gasteiger partial charge in [0.2, 0.25) is 0 Å². The van der Waals surface area contributed by atoms with E-state index in [0.29, 0.717) is 0 Å². The zero-order valence-corrected chi connectivity index (χ0v) is 9.12. The predicted octanol–water partition coefficient (Wildman–Crippen LogP) is 1.02. The lowest BCUT2D eigenvalue weighted by molar-refractivity contribution is -0.155. The zero-order chi connectivity index (χ0) is 11.9. The van der Waals surface area contributed by atoms with Gasteiger partial charge in [0.05, 0.1) is 5.37 Å². The molecule has 1 amide bonds. The van der Waals surface area contributed by atoms with Gasteiger partial charge in [0.15, 0.2) is 0 Å². The molecule has 1 saturated carbocycles. The fourth-order valence-electron chi connectivity index (χ4n) is 1.85. The Hall–Kier alpha value is -0.850. The smallest absolute Gasteiger partial charge is 0.327 e. The van der Waals surface area contributed by atoms with Crippen LogP contribution in [0.25, 0.3) is 0 Å². The highest BCUT2D eigenvalue weighted by atomic mass is 32.2. The standard InChI is InChI=1S/C9H11F2NO3S/c10-6(11)7(13)12-5(9(14)15)3-16-8(12)4-1-2-4/h4-6,8H,1-3H2,(H,14,15). The minimum atomic E-state index is -3.12. The van der Waals surface area contributed by atoms with E-state index in [1.165, 1.54) is 11.8 Å². The van der Waals surface area contributed by atoms with Gasteiger partial charge in [-0.25, -0.2) is 4.79 Å². The molecule has 4 nitrogen and oxygen atoms in total. The lowest BCUT2D eigenvalue weighted by Crippen LogP contribution is -2.48. The van der Waals surface area contributed by atoms with E-state index >= 15 is 0 Å². The number of amides is 1. The van der Waals surface area contributed by atoms with Crippen LogP contribution in [0.2, 0.25) is 0 Å². The van der Waals surface area contributed by atoms with Crippen molar-refractivity contribution in [1.82, 2.24) is 4.90 Å². The summed E-state index contributed by atoms with van der Waals surface area (Å²) in [5.41, 5.74) is 0. The summed E-state index contributed by atoms with van der Waals surface area (Å²) < 4.78 is 24.8. The molecule has 1 saturated heterocycles. The van der Waals surface area contributed by atoms with E-state index in [-0.39, 0.29) is 17.0 Å². The first-order valence-electron chi connectivity index (χ1n) is 4.97. The molecule has 1 heterocycles. The van der Waals surface area contributed by atoms with E-state index in [2.05, 4.69) is 0 Å². The van der Waals surface area contributed by atoms with E-state index < -0.39 is 24.3 Å². The van der Waals surface area contributed by atoms with Gasteiger partial charge in [0.1, 0.15) is 6.04 Å². The average molecular weight is 251 g/mol. The summed E-state index contributed by atoms with van der Waals surface area (Å²) in [6.07, 6.45) is -1.35. The van der Waals surface area contributed by atoms with Crippen LogP contribution in [0, 0.1) is 5.92 Å². The van der Waals surface area contributed by atoms with Crippen LogP contribution in [-0.4, -0.2) is 45.5 Å². The molecule has 0 radical (unpaired) electrons. The Balaban J connectivity index is 2.17. The number of carboxylic acid groups (broad SMARTS) is 1. The molecule has 0 bridgehead atoms. The van der Waals surface area contributed by atoms with E-state index in [4.69, 9.17) is 5.11 Å². The lowest BCUT2D eigenvalue weighted by Gasteiger charge is -2.26. The third kappa shape index (κ3) is 2.00. The lowest BCUT2D eigenvalue weighted by atomic mass is 10.2. The van der Waals surface area contributed by atoms with Crippen molar-refractivity contribution < 1.29 is 23.5 Å². The van der Waals surface area contributed by atoms with Gasteiger partial charge in [-0.3, -0.25) is 4.79 Å². The molecule has 2 atom stereocenters. The van der Waals surface area contributed by atoms with Crippen LogP contribution in [0.5, 0.6) is 0 Å². The molecule has 0 aromatic heterocycles. The van der Waals surface area contributed by atoms with Gasteiger partial charge in [-0.1, -0.05) is 0 Å². The summed E-state index contributed by atoms with van der Waals surface area (Å²) in [6, 6.07) is -1.10. The summed E-state index contributed by atoms with van der Waals surface area (Å²) in [5.74, 6) is -2.16. The van der Waals surface area contributed by atoms with Crippen molar-refractivity contribution >= 4 is 23.6 Å². The van der Waals surface area contributed by atoms with Crippen molar-refractivity contribution in [3.8, 4) is 0 Å². The Morgan fingerprint density at radius 3 is 2.44 bits per heavy atom. The molecule has 16 heavy (non-hydrogen) atoms. The van der Waals surface area contributed by atoms with Crippen molar-refractivity contribution in [3.05, 3.63) is 0 Å². The number of carbonyl (C=O) groups is 2. The molecular weight excluding hydrogens is 240 g/mol. The van der Waals surface area contributed by atoms with Crippen LogP contribution in [-0.2, 0) is 9.59 Å². The van der Waals surface area contributed by atoms with Crippen LogP contribution in [0.1, 0.15) is 12.8 Å². The summed E-state index contributed by atoms with van der Waals surface area (Å²) >= 11 is 1.29. The molecule has 0 aromatic rings. The number of rotatable bonds is 3. The summed E-state index contributed by atoms with van der Waals surface area (Å²) in [6.45, 7) is 0. The molecule has 2 fully saturated rings. The first-order valence-corrected chi connectivity index (χ1v) is 6.02. The van der Waals surface area contributed by atoms with Crippen LogP contribution in [0.4, 0.5) is 8.78 Å². The number of aliphatic carboxylic acids is 1. The second-order valence-corrected chi connectivity index (χ2v) is 5.11. The largest absolute Gasteiger partial charge is 0.480 e. The minimum Gasteiger partial charge on any atom is -0.480 e. The topological polar surface area (TPSA) is 57.6 Å². The molecule has 2 unspecified atom stereocenters. The maximum atomic E-state index is 12.4. The van der Waals surface area contributed by atoms with Gasteiger partial charge >= 0.3 is 12.4 Å². The zero-order valence-electron chi connectivity index (χ0n) is 8.31. The first-order chi connectivity index (χ1) is 7.52. The number of halogens is 2. The second kappa shape index (κ2) is 4.20. The molecule has 0 spiro atoms. The number of carboxylic acids is 1. The van der Waals surface area contributed by atoms with Gasteiger partial charge < -0.3 is 10.0 Å². The van der Waals surface area contributed by atoms with Crippen LogP contribution >= 0.6 is 11.8 Å². The van der Waals surface area contributed by atoms with Gasteiger partial charge in [0.25, 0.3) is 5.91 Å². The van der Waals surface area contributed by atoms with Crippen LogP contribution in [0.3, 0.4) is 0 Å². The molecule has 0 aromatic carbocycles. The highest BCUT2D eigenvalue weighted by molar-refractivity contribution is 8.00. The third-order valence-corrected chi connectivity index (χ3v) is 4.25. The quantitative estimate of drug-likeness (QED) is 0.813. The van der Waals surface area contributed by atoms with E-state index in [1.807, 2.05) is 0 Å². The summed E-state index contributed by atoms with van der Waals surface area (Å²) in [4.78, 5) is 23.0.